The molecule has 6 nitrogen and oxygen atoms in total. The van der Waals surface area contributed by atoms with Gasteiger partial charge in [0.1, 0.15) is 23.3 Å². The normalized spacial score (nSPS) is 13.0. The number of pyridine rings is 1. The zero-order valence-electron chi connectivity index (χ0n) is 12.3. The number of hydrogen-bond donors (Lipinski definition) is 0. The number of alkyl halides is 6. The summed E-state index contributed by atoms with van der Waals surface area (Å²) in [7, 11) is 0. The van der Waals surface area contributed by atoms with Crippen molar-refractivity contribution in [3.8, 4) is 11.6 Å². The summed E-state index contributed by atoms with van der Waals surface area (Å²) >= 11 is 0. The molecule has 0 aliphatic heterocycles. The van der Waals surface area contributed by atoms with Crippen LogP contribution in [0, 0.1) is 0 Å². The Morgan fingerprint density at radius 1 is 0.923 bits per heavy atom. The van der Waals surface area contributed by atoms with E-state index in [0.29, 0.717) is 0 Å². The minimum absolute atomic E-state index is 0.0583. The predicted molar refractivity (Wildman–Crippen MR) is 73.8 cm³/mol. The van der Waals surface area contributed by atoms with Crippen LogP contribution in [0.1, 0.15) is 11.5 Å². The molecule has 12 heteroatoms. The van der Waals surface area contributed by atoms with Crippen molar-refractivity contribution in [2.75, 3.05) is 0 Å². The van der Waals surface area contributed by atoms with E-state index in [2.05, 4.69) is 19.9 Å². The fourth-order valence-electron chi connectivity index (χ4n) is 2.43. The van der Waals surface area contributed by atoms with Gasteiger partial charge in [0.15, 0.2) is 5.69 Å². The molecular weight excluding hydrogens is 368 g/mol. The first-order valence-corrected chi connectivity index (χ1v) is 6.89. The van der Waals surface area contributed by atoms with Gasteiger partial charge in [-0.15, -0.1) is 0 Å². The van der Waals surface area contributed by atoms with Crippen molar-refractivity contribution in [2.24, 2.45) is 0 Å². The molecule has 4 heterocycles. The van der Waals surface area contributed by atoms with Gasteiger partial charge in [0.2, 0.25) is 11.7 Å². The SMILES string of the molecule is FC(F)(F)c1nc(C(F)(F)F)c2ccc3nc(-c4ncco4)cn3c2n1. The maximum Gasteiger partial charge on any atom is 0.451 e. The van der Waals surface area contributed by atoms with Crippen LogP contribution in [0.25, 0.3) is 28.3 Å². The quantitative estimate of drug-likeness (QED) is 0.472. The second kappa shape index (κ2) is 5.16. The molecule has 0 unspecified atom stereocenters. The maximum absolute atomic E-state index is 13.2. The fourth-order valence-corrected chi connectivity index (χ4v) is 2.43. The lowest BCUT2D eigenvalue weighted by molar-refractivity contribution is -0.151. The van der Waals surface area contributed by atoms with Gasteiger partial charge in [0, 0.05) is 11.6 Å². The third-order valence-electron chi connectivity index (χ3n) is 3.46. The first kappa shape index (κ1) is 16.3. The molecule has 0 saturated carbocycles. The Labute approximate surface area is 139 Å². The van der Waals surface area contributed by atoms with Gasteiger partial charge in [-0.1, -0.05) is 0 Å². The highest BCUT2D eigenvalue weighted by Gasteiger charge is 2.41. The number of aromatic nitrogens is 5. The predicted octanol–water partition coefficient (Wildman–Crippen LogP) is 3.97. The maximum atomic E-state index is 13.2. The molecule has 0 N–H and O–H groups in total. The van der Waals surface area contributed by atoms with Crippen LogP contribution in [0.15, 0.2) is 35.2 Å². The highest BCUT2D eigenvalue weighted by Crippen LogP contribution is 2.36. The van der Waals surface area contributed by atoms with Crippen molar-refractivity contribution in [3.63, 3.8) is 0 Å². The first-order chi connectivity index (χ1) is 12.1. The summed E-state index contributed by atoms with van der Waals surface area (Å²) in [6.45, 7) is 0. The second-order valence-corrected chi connectivity index (χ2v) is 5.15. The first-order valence-electron chi connectivity index (χ1n) is 6.89. The van der Waals surface area contributed by atoms with Crippen LogP contribution in [0.3, 0.4) is 0 Å². The van der Waals surface area contributed by atoms with Crippen LogP contribution < -0.4 is 0 Å². The molecule has 4 aromatic heterocycles. The Morgan fingerprint density at radius 3 is 2.31 bits per heavy atom. The van der Waals surface area contributed by atoms with E-state index in [-0.39, 0.29) is 17.2 Å². The van der Waals surface area contributed by atoms with Gasteiger partial charge in [0.05, 0.1) is 6.20 Å². The van der Waals surface area contributed by atoms with Crippen LogP contribution in [0.5, 0.6) is 0 Å². The fraction of sp³-hybridized carbons (Fsp3) is 0.143. The summed E-state index contributed by atoms with van der Waals surface area (Å²) < 4.78 is 84.6. The second-order valence-electron chi connectivity index (χ2n) is 5.15. The van der Waals surface area contributed by atoms with Gasteiger partial charge in [-0.05, 0) is 12.1 Å². The Bertz CT molecular complexity index is 1110. The van der Waals surface area contributed by atoms with Crippen LogP contribution in [0.4, 0.5) is 26.3 Å². The lowest BCUT2D eigenvalue weighted by Crippen LogP contribution is -2.18. The molecule has 0 aliphatic carbocycles. The van der Waals surface area contributed by atoms with E-state index in [4.69, 9.17) is 4.42 Å². The topological polar surface area (TPSA) is 69.1 Å². The van der Waals surface area contributed by atoms with E-state index >= 15 is 0 Å². The highest BCUT2D eigenvalue weighted by molar-refractivity contribution is 5.82. The lowest BCUT2D eigenvalue weighted by Gasteiger charge is -2.13. The zero-order valence-corrected chi connectivity index (χ0v) is 12.3. The van der Waals surface area contributed by atoms with Gasteiger partial charge in [-0.2, -0.15) is 26.3 Å². The molecule has 4 aromatic rings. The zero-order chi connectivity index (χ0) is 18.7. The molecule has 0 atom stereocenters. The van der Waals surface area contributed by atoms with Crippen LogP contribution in [0.2, 0.25) is 0 Å². The monoisotopic (exact) mass is 373 g/mol. The van der Waals surface area contributed by atoms with Crippen molar-refractivity contribution in [3.05, 3.63) is 42.3 Å². The Balaban J connectivity index is 2.09. The average Bonchev–Trinajstić information content (AvgIpc) is 3.20. The Hall–Kier alpha value is -3.18. The molecule has 0 saturated heterocycles. The molecule has 0 radical (unpaired) electrons. The van der Waals surface area contributed by atoms with E-state index in [9.17, 15) is 26.3 Å². The van der Waals surface area contributed by atoms with Gasteiger partial charge in [-0.3, -0.25) is 4.40 Å². The number of oxazole rings is 1. The third kappa shape index (κ3) is 2.53. The van der Waals surface area contributed by atoms with E-state index in [1.807, 2.05) is 0 Å². The van der Waals surface area contributed by atoms with E-state index in [1.165, 1.54) is 24.7 Å². The molecule has 0 bridgehead atoms. The molecule has 0 aliphatic rings. The molecule has 0 amide bonds. The van der Waals surface area contributed by atoms with Crippen LogP contribution in [-0.4, -0.2) is 24.3 Å². The number of halogens is 6. The van der Waals surface area contributed by atoms with Crippen molar-refractivity contribution in [2.45, 2.75) is 12.4 Å². The summed E-state index contributed by atoms with van der Waals surface area (Å²) in [5, 5.41) is -0.589. The van der Waals surface area contributed by atoms with Crippen molar-refractivity contribution in [1.82, 2.24) is 24.3 Å². The van der Waals surface area contributed by atoms with E-state index < -0.39 is 34.9 Å². The van der Waals surface area contributed by atoms with E-state index in [1.54, 1.807) is 0 Å². The number of imidazole rings is 1. The summed E-state index contributed by atoms with van der Waals surface area (Å²) in [6.07, 6.45) is -6.48. The summed E-state index contributed by atoms with van der Waals surface area (Å²) in [5.74, 6) is -1.83. The van der Waals surface area contributed by atoms with Crippen LogP contribution in [-0.2, 0) is 12.4 Å². The van der Waals surface area contributed by atoms with Crippen molar-refractivity contribution in [1.29, 1.82) is 0 Å². The van der Waals surface area contributed by atoms with Crippen molar-refractivity contribution < 1.29 is 30.8 Å². The molecule has 26 heavy (non-hydrogen) atoms. The molecule has 0 spiro atoms. The van der Waals surface area contributed by atoms with Crippen LogP contribution >= 0.6 is 0 Å². The number of hydrogen-bond acceptors (Lipinski definition) is 5. The Kier molecular flexibility index (Phi) is 3.23. The summed E-state index contributed by atoms with van der Waals surface area (Å²) in [5.41, 5.74) is -2.06. The minimum atomic E-state index is -5.15. The lowest BCUT2D eigenvalue weighted by atomic mass is 10.2. The molecule has 0 fully saturated rings. The van der Waals surface area contributed by atoms with Gasteiger partial charge in [-0.25, -0.2) is 19.9 Å². The van der Waals surface area contributed by atoms with Gasteiger partial charge >= 0.3 is 12.4 Å². The molecule has 134 valence electrons. The summed E-state index contributed by atoms with van der Waals surface area (Å²) in [4.78, 5) is 13.9. The smallest absolute Gasteiger partial charge is 0.443 e. The Morgan fingerprint density at radius 2 is 1.69 bits per heavy atom. The molecule has 0 aromatic carbocycles. The standard InChI is InChI=1S/C14H5F6N5O/c15-13(16,17)9-6-1-2-8-22-7(11-21-3-4-26-11)5-25(8)10(6)24-12(23-9)14(18,19)20/h1-5H. The highest BCUT2D eigenvalue weighted by atomic mass is 19.4. The van der Waals surface area contributed by atoms with Gasteiger partial charge in [0.25, 0.3) is 0 Å². The van der Waals surface area contributed by atoms with E-state index in [0.717, 1.165) is 10.5 Å². The minimum Gasteiger partial charge on any atom is -0.443 e. The molecule has 4 rings (SSSR count). The number of nitrogens with zero attached hydrogens (tertiary/aromatic N) is 5. The largest absolute Gasteiger partial charge is 0.451 e. The third-order valence-corrected chi connectivity index (χ3v) is 3.46. The van der Waals surface area contributed by atoms with Crippen molar-refractivity contribution >= 4 is 16.7 Å². The molecular formula is C14H5F6N5O. The summed E-state index contributed by atoms with van der Waals surface area (Å²) in [6, 6.07) is 2.18. The number of rotatable bonds is 1. The average molecular weight is 373 g/mol. The van der Waals surface area contributed by atoms with Gasteiger partial charge < -0.3 is 4.42 Å². The number of fused-ring (bicyclic) bond motifs is 3.